The van der Waals surface area contributed by atoms with Gasteiger partial charge in [-0.15, -0.1) is 0 Å². The van der Waals surface area contributed by atoms with Crippen molar-refractivity contribution in [1.29, 1.82) is 0 Å². The predicted octanol–water partition coefficient (Wildman–Crippen LogP) is 8.01. The van der Waals surface area contributed by atoms with Crippen LogP contribution in [0.1, 0.15) is 93.4 Å². The van der Waals surface area contributed by atoms with Crippen molar-refractivity contribution in [2.75, 3.05) is 156 Å². The molecule has 3 aliphatic carbocycles. The lowest BCUT2D eigenvalue weighted by Gasteiger charge is -2.66. The van der Waals surface area contributed by atoms with E-state index in [0.29, 0.717) is 166 Å². The number of nitrogens with one attached hydrogen (secondary N) is 2. The normalized spacial score (nSPS) is 21.1. The van der Waals surface area contributed by atoms with Crippen LogP contribution in [0.3, 0.4) is 0 Å². The van der Waals surface area contributed by atoms with Crippen molar-refractivity contribution in [1.82, 2.24) is 34.9 Å². The van der Waals surface area contributed by atoms with Crippen molar-refractivity contribution in [2.45, 2.75) is 97.6 Å². The number of ether oxygens (including phenoxy) is 9. The minimum absolute atomic E-state index is 0.00824. The quantitative estimate of drug-likeness (QED) is 0.0247. The number of aromatic carboxylic acids is 1. The highest BCUT2D eigenvalue weighted by atomic mass is 32.1. The van der Waals surface area contributed by atoms with E-state index in [-0.39, 0.29) is 65.3 Å². The monoisotopic (exact) mass is 1350 g/mol. The predicted molar refractivity (Wildman–Crippen MR) is 359 cm³/mol. The lowest BCUT2D eigenvalue weighted by atomic mass is 9.41. The van der Waals surface area contributed by atoms with Gasteiger partial charge in [-0.1, -0.05) is 49.4 Å². The van der Waals surface area contributed by atoms with E-state index in [0.717, 1.165) is 89.0 Å². The average molecular weight is 1350 g/mol. The minimum Gasteiger partial charge on any atom is -0.476 e. The lowest BCUT2D eigenvalue weighted by Crippen LogP contribution is -2.60. The Kier molecular flexibility index (Phi) is 25.7. The molecule has 520 valence electrons. The molecule has 25 nitrogen and oxygen atoms in total. The van der Waals surface area contributed by atoms with Crippen LogP contribution in [0.2, 0.25) is 0 Å². The number of pyridine rings is 1. The first-order valence-corrected chi connectivity index (χ1v) is 34.4. The zero-order chi connectivity index (χ0) is 67.5. The lowest BCUT2D eigenvalue weighted by molar-refractivity contribution is -0.200. The SMILES string of the molecule is Cc1c(-c2ccc(-c3ccc4c(c3)N(C(=O)Nc3nc5ccccc5s3)CCC4)nc2C(=O)O)cnn1CC12CC(OCCN(C)C(=O)CCOCCOCCOCCOCCOCCOCCOCCOCCNC(=O)CCN3C(=O)C=CC3=O)C3CCC(C)(C1)CC3(C)C2. The van der Waals surface area contributed by atoms with Crippen molar-refractivity contribution in [3.63, 3.8) is 0 Å². The maximum Gasteiger partial charge on any atom is 0.355 e. The van der Waals surface area contributed by atoms with Gasteiger partial charge in [0.25, 0.3) is 11.8 Å². The first-order valence-electron chi connectivity index (χ1n) is 33.6. The number of hydrogen-bond acceptors (Lipinski definition) is 19. The number of carboxylic acid groups (broad SMARTS) is 1. The Balaban J connectivity index is 0.569. The molecule has 5 heterocycles. The zero-order valence-corrected chi connectivity index (χ0v) is 56.6. The van der Waals surface area contributed by atoms with Gasteiger partial charge in [0, 0.05) is 86.4 Å². The number of urea groups is 1. The molecule has 3 N–H and O–H groups in total. The fourth-order valence-electron chi connectivity index (χ4n) is 14.8. The van der Waals surface area contributed by atoms with E-state index >= 15 is 0 Å². The molecule has 6 amide bonds. The highest BCUT2D eigenvalue weighted by Crippen LogP contribution is 2.69. The summed E-state index contributed by atoms with van der Waals surface area (Å²) in [5.41, 5.74) is 6.05. The Morgan fingerprint density at radius 3 is 2.04 bits per heavy atom. The molecule has 26 heteroatoms. The molecule has 10 rings (SSSR count). The van der Waals surface area contributed by atoms with Gasteiger partial charge in [0.05, 0.1) is 147 Å². The van der Waals surface area contributed by atoms with Crippen LogP contribution in [-0.4, -0.2) is 222 Å². The average Bonchev–Trinajstić information content (AvgIpc) is 0.791. The fourth-order valence-corrected chi connectivity index (χ4v) is 15.7. The van der Waals surface area contributed by atoms with Crippen molar-refractivity contribution >= 4 is 68.0 Å². The number of imide groups is 1. The maximum absolute atomic E-state index is 13.8. The number of anilines is 2. The molecule has 2 aliphatic heterocycles. The van der Waals surface area contributed by atoms with E-state index < -0.39 is 17.8 Å². The van der Waals surface area contributed by atoms with Crippen molar-refractivity contribution in [3.05, 3.63) is 89.9 Å². The highest BCUT2D eigenvalue weighted by molar-refractivity contribution is 7.22. The Morgan fingerprint density at radius 1 is 0.740 bits per heavy atom. The molecule has 3 bridgehead atoms. The Labute approximate surface area is 564 Å². The van der Waals surface area contributed by atoms with Crippen molar-refractivity contribution < 1.29 is 76.5 Å². The summed E-state index contributed by atoms with van der Waals surface area (Å²) >= 11 is 1.43. The summed E-state index contributed by atoms with van der Waals surface area (Å²) in [6.45, 7) is 15.8. The number of carbonyl (C=O) groups is 6. The molecule has 0 radical (unpaired) electrons. The third-order valence-electron chi connectivity index (χ3n) is 19.0. The van der Waals surface area contributed by atoms with Crippen molar-refractivity contribution in [2.24, 2.45) is 22.2 Å². The number of thiazole rings is 1. The van der Waals surface area contributed by atoms with E-state index in [1.165, 1.54) is 23.5 Å². The van der Waals surface area contributed by atoms with E-state index in [2.05, 4.69) is 34.1 Å². The summed E-state index contributed by atoms with van der Waals surface area (Å²) in [6.07, 6.45) is 12.5. The van der Waals surface area contributed by atoms with Gasteiger partial charge in [-0.05, 0) is 116 Å². The topological polar surface area (TPSA) is 283 Å². The third kappa shape index (κ3) is 19.2. The second-order valence-electron chi connectivity index (χ2n) is 26.2. The van der Waals surface area contributed by atoms with Crippen LogP contribution in [0.25, 0.3) is 32.6 Å². The molecular weight excluding hydrogens is 1250 g/mol. The maximum atomic E-state index is 13.8. The van der Waals surface area contributed by atoms with Gasteiger partial charge < -0.3 is 58.0 Å². The van der Waals surface area contributed by atoms with E-state index in [4.69, 9.17) is 52.7 Å². The molecule has 3 aromatic heterocycles. The Bertz CT molecular complexity index is 3450. The molecule has 3 saturated carbocycles. The van der Waals surface area contributed by atoms with Gasteiger partial charge in [0.15, 0.2) is 10.8 Å². The molecule has 0 spiro atoms. The van der Waals surface area contributed by atoms with E-state index in [1.807, 2.05) is 68.6 Å². The molecule has 5 unspecified atom stereocenters. The number of carboxylic acids is 1. The van der Waals surface area contributed by atoms with Gasteiger partial charge in [-0.3, -0.25) is 39.0 Å². The second kappa shape index (κ2) is 34.4. The first-order chi connectivity index (χ1) is 46.5. The number of aromatic nitrogens is 4. The highest BCUT2D eigenvalue weighted by Gasteiger charge is 2.62. The van der Waals surface area contributed by atoms with Gasteiger partial charge >= 0.3 is 12.0 Å². The number of carbonyl (C=O) groups excluding carboxylic acids is 5. The molecule has 2 aromatic carbocycles. The van der Waals surface area contributed by atoms with Crippen LogP contribution in [0, 0.1) is 29.1 Å². The van der Waals surface area contributed by atoms with Gasteiger partial charge in [0.2, 0.25) is 11.8 Å². The first kappa shape index (κ1) is 71.7. The number of para-hydroxylation sites is 1. The van der Waals surface area contributed by atoms with Crippen LogP contribution in [0.15, 0.2) is 72.9 Å². The number of fused-ring (bicyclic) bond motifs is 4. The summed E-state index contributed by atoms with van der Waals surface area (Å²) in [4.78, 5) is 88.9. The van der Waals surface area contributed by atoms with Crippen LogP contribution in [0.5, 0.6) is 0 Å². The zero-order valence-electron chi connectivity index (χ0n) is 55.8. The van der Waals surface area contributed by atoms with Gasteiger partial charge in [-0.25, -0.2) is 19.6 Å². The second-order valence-corrected chi connectivity index (χ2v) is 27.2. The van der Waals surface area contributed by atoms with E-state index in [1.54, 1.807) is 16.0 Å². The standard InChI is InChI=1S/C70H93N9O16S/c1-49-53(52-13-14-55(73-64(52)65(84)85)51-12-11-50-8-7-22-77(57(50)42-51)67(86)75-66-74-56-9-5-6-10-59(56)96-66)44-72-79(49)48-70-43-58(54-17-20-68(2,46-70)45-69(54,3)47-70)95-27-24-76(4)61(81)19-25-87-28-30-89-32-34-91-36-38-93-40-41-94-39-37-92-35-33-90-31-29-88-26-21-71-60(80)18-23-78-62(82)15-16-63(78)83/h5-6,9-16,42,44,54,58H,7-8,17-41,43,45-48H2,1-4H3,(H,71,80)(H,84,85)(H,74,75,86). The van der Waals surface area contributed by atoms with Crippen LogP contribution in [0.4, 0.5) is 15.6 Å². The fraction of sp³-hybridized carbons (Fsp3) is 0.586. The summed E-state index contributed by atoms with van der Waals surface area (Å²) in [5.74, 6) is -1.81. The molecule has 0 saturated heterocycles. The number of likely N-dealkylation sites (N-methyl/N-ethyl adjacent to an activating group) is 1. The molecular formula is C70H93N9O16S. The largest absolute Gasteiger partial charge is 0.476 e. The third-order valence-corrected chi connectivity index (χ3v) is 19.9. The van der Waals surface area contributed by atoms with Gasteiger partial charge in [-0.2, -0.15) is 5.10 Å². The number of aryl methyl sites for hydroxylation is 1. The van der Waals surface area contributed by atoms with Crippen LogP contribution < -0.4 is 15.5 Å². The number of amides is 6. The summed E-state index contributed by atoms with van der Waals surface area (Å²) in [5, 5.41) is 21.9. The smallest absolute Gasteiger partial charge is 0.355 e. The molecule has 3 fully saturated rings. The molecule has 5 atom stereocenters. The number of hydrogen-bond donors (Lipinski definition) is 3. The Hall–Kier alpha value is -7.11. The number of benzene rings is 2. The summed E-state index contributed by atoms with van der Waals surface area (Å²) < 4.78 is 54.4. The molecule has 5 aromatic rings. The number of rotatable bonds is 40. The summed E-state index contributed by atoms with van der Waals surface area (Å²) in [6, 6.07) is 17.1. The molecule has 96 heavy (non-hydrogen) atoms. The number of nitrogens with zero attached hydrogens (tertiary/aromatic N) is 7. The van der Waals surface area contributed by atoms with Crippen LogP contribution >= 0.6 is 11.3 Å². The minimum atomic E-state index is -1.14. The van der Waals surface area contributed by atoms with E-state index in [9.17, 15) is 33.9 Å². The van der Waals surface area contributed by atoms with Crippen LogP contribution in [-0.2, 0) is 74.8 Å². The van der Waals surface area contributed by atoms with Gasteiger partial charge in [0.1, 0.15) is 0 Å². The Morgan fingerprint density at radius 2 is 1.39 bits per heavy atom. The molecule has 5 aliphatic rings. The van der Waals surface area contributed by atoms with Crippen molar-refractivity contribution in [3.8, 4) is 22.4 Å². The summed E-state index contributed by atoms with van der Waals surface area (Å²) in [7, 11) is 1.82.